The van der Waals surface area contributed by atoms with Crippen molar-refractivity contribution < 1.29 is 13.2 Å². The topological polar surface area (TPSA) is 76.1 Å². The highest BCUT2D eigenvalue weighted by Gasteiger charge is 2.31. The van der Waals surface area contributed by atoms with Gasteiger partial charge in [0, 0.05) is 16.5 Å². The lowest BCUT2D eigenvalue weighted by Gasteiger charge is -2.23. The first kappa shape index (κ1) is 18.6. The molecule has 2 rings (SSSR count). The zero-order valence-electron chi connectivity index (χ0n) is 14.2. The first-order chi connectivity index (χ1) is 11.1. The molecular formula is C17H22N2O3S2. The Morgan fingerprint density at radius 2 is 1.88 bits per heavy atom. The van der Waals surface area contributed by atoms with E-state index in [-0.39, 0.29) is 5.75 Å². The van der Waals surface area contributed by atoms with Gasteiger partial charge in [-0.15, -0.1) is 11.3 Å². The van der Waals surface area contributed by atoms with Gasteiger partial charge in [0.25, 0.3) is 0 Å². The number of benzene rings is 1. The predicted octanol–water partition coefficient (Wildman–Crippen LogP) is 3.03. The normalized spacial score (nSPS) is 13.5. The van der Waals surface area contributed by atoms with Gasteiger partial charge in [-0.2, -0.15) is 0 Å². The van der Waals surface area contributed by atoms with E-state index in [2.05, 4.69) is 10.3 Å². The lowest BCUT2D eigenvalue weighted by Crippen LogP contribution is -2.47. The van der Waals surface area contributed by atoms with Crippen LogP contribution in [0.4, 0.5) is 0 Å². The largest absolute Gasteiger partial charge is 0.350 e. The van der Waals surface area contributed by atoms with E-state index in [1.165, 1.54) is 18.3 Å². The fourth-order valence-electron chi connectivity index (χ4n) is 2.05. The molecule has 0 aliphatic carbocycles. The summed E-state index contributed by atoms with van der Waals surface area (Å²) in [6.45, 7) is 6.87. The fourth-order valence-corrected chi connectivity index (χ4v) is 4.18. The molecule has 130 valence electrons. The van der Waals surface area contributed by atoms with Crippen LogP contribution in [-0.4, -0.2) is 30.1 Å². The maximum Gasteiger partial charge on any atom is 0.238 e. The first-order valence-electron chi connectivity index (χ1n) is 7.62. The zero-order chi connectivity index (χ0) is 18.0. The second-order valence-electron chi connectivity index (χ2n) is 6.70. The average molecular weight is 367 g/mol. The number of nitrogens with one attached hydrogen (secondary N) is 1. The van der Waals surface area contributed by atoms with Crippen molar-refractivity contribution in [1.29, 1.82) is 0 Å². The Kier molecular flexibility index (Phi) is 5.45. The summed E-state index contributed by atoms with van der Waals surface area (Å²) in [5.74, 6) is -0.726. The molecule has 0 spiro atoms. The molecular weight excluding hydrogens is 344 g/mol. The molecule has 1 heterocycles. The number of amides is 1. The van der Waals surface area contributed by atoms with Crippen LogP contribution in [0.3, 0.4) is 0 Å². The minimum atomic E-state index is -3.62. The number of carbonyl (C=O) groups excluding carboxylic acids is 1. The van der Waals surface area contributed by atoms with E-state index >= 15 is 0 Å². The van der Waals surface area contributed by atoms with Gasteiger partial charge in [-0.3, -0.25) is 4.79 Å². The van der Waals surface area contributed by atoms with Crippen molar-refractivity contribution in [3.05, 3.63) is 41.4 Å². The number of hydrogen-bond donors (Lipinski definition) is 1. The Labute approximate surface area is 147 Å². The second-order valence-corrected chi connectivity index (χ2v) is 9.88. The molecule has 1 aromatic carbocycles. The van der Waals surface area contributed by atoms with Crippen molar-refractivity contribution >= 4 is 27.1 Å². The summed E-state index contributed by atoms with van der Waals surface area (Å²) in [7, 11) is -3.62. The third kappa shape index (κ3) is 4.88. The van der Waals surface area contributed by atoms with Crippen molar-refractivity contribution in [2.24, 2.45) is 0 Å². The minimum absolute atomic E-state index is 0.241. The summed E-state index contributed by atoms with van der Waals surface area (Å²) in [5, 5.41) is 4.09. The molecule has 0 saturated heterocycles. The highest BCUT2D eigenvalue weighted by atomic mass is 32.2. The molecule has 7 heteroatoms. The van der Waals surface area contributed by atoms with Gasteiger partial charge in [-0.1, -0.05) is 30.3 Å². The van der Waals surface area contributed by atoms with Crippen molar-refractivity contribution in [2.75, 3.05) is 0 Å². The van der Waals surface area contributed by atoms with Gasteiger partial charge in [-0.05, 0) is 27.7 Å². The monoisotopic (exact) mass is 366 g/mol. The number of nitrogens with zero attached hydrogens (tertiary/aromatic N) is 1. The Hall–Kier alpha value is -1.73. The summed E-state index contributed by atoms with van der Waals surface area (Å²) in [6, 6.07) is 9.59. The maximum absolute atomic E-state index is 12.5. The summed E-state index contributed by atoms with van der Waals surface area (Å²) >= 11 is 1.40. The third-order valence-electron chi connectivity index (χ3n) is 3.33. The third-order valence-corrected chi connectivity index (χ3v) is 6.26. The van der Waals surface area contributed by atoms with E-state index in [4.69, 9.17) is 0 Å². The molecule has 1 atom stereocenters. The number of aromatic nitrogens is 1. The molecule has 1 unspecified atom stereocenters. The maximum atomic E-state index is 12.5. The van der Waals surface area contributed by atoms with Gasteiger partial charge in [-0.25, -0.2) is 13.4 Å². The number of hydrogen-bond acceptors (Lipinski definition) is 5. The first-order valence-corrected chi connectivity index (χ1v) is 10.2. The standard InChI is InChI=1S/C17H22N2O3S2/c1-12(15(20)19-17(2,3)4)24(21,22)11-14-10-23-16(18-14)13-8-6-5-7-9-13/h5-10,12H,11H2,1-4H3,(H,19,20). The van der Waals surface area contributed by atoms with Gasteiger partial charge < -0.3 is 5.32 Å². The molecule has 24 heavy (non-hydrogen) atoms. The summed E-state index contributed by atoms with van der Waals surface area (Å²) in [4.78, 5) is 16.5. The average Bonchev–Trinajstić information content (AvgIpc) is 2.93. The molecule has 2 aromatic rings. The van der Waals surface area contributed by atoms with Crippen LogP contribution in [0, 0.1) is 0 Å². The molecule has 0 saturated carbocycles. The Morgan fingerprint density at radius 1 is 1.25 bits per heavy atom. The van der Waals surface area contributed by atoms with Crippen LogP contribution in [0.15, 0.2) is 35.7 Å². The number of carbonyl (C=O) groups is 1. The van der Waals surface area contributed by atoms with Crippen LogP contribution in [0.25, 0.3) is 10.6 Å². The van der Waals surface area contributed by atoms with Crippen LogP contribution in [0.2, 0.25) is 0 Å². The second kappa shape index (κ2) is 7.03. The fraction of sp³-hybridized carbons (Fsp3) is 0.412. The van der Waals surface area contributed by atoms with E-state index in [1.54, 1.807) is 5.38 Å². The summed E-state index contributed by atoms with van der Waals surface area (Å²) < 4.78 is 25.0. The molecule has 1 amide bonds. The van der Waals surface area contributed by atoms with Crippen LogP contribution >= 0.6 is 11.3 Å². The minimum Gasteiger partial charge on any atom is -0.350 e. The highest BCUT2D eigenvalue weighted by molar-refractivity contribution is 7.92. The number of sulfone groups is 1. The summed E-state index contributed by atoms with van der Waals surface area (Å²) in [5.41, 5.74) is 0.945. The predicted molar refractivity (Wildman–Crippen MR) is 97.5 cm³/mol. The molecule has 1 aromatic heterocycles. The molecule has 5 nitrogen and oxygen atoms in total. The van der Waals surface area contributed by atoms with Gasteiger partial charge >= 0.3 is 0 Å². The molecule has 0 aliphatic rings. The number of thiazole rings is 1. The SMILES string of the molecule is CC(C(=O)NC(C)(C)C)S(=O)(=O)Cc1csc(-c2ccccc2)n1. The van der Waals surface area contributed by atoms with E-state index in [0.717, 1.165) is 10.6 Å². The van der Waals surface area contributed by atoms with Crippen molar-refractivity contribution in [1.82, 2.24) is 10.3 Å². The van der Waals surface area contributed by atoms with Crippen LogP contribution in [0.1, 0.15) is 33.4 Å². The Morgan fingerprint density at radius 3 is 2.46 bits per heavy atom. The molecule has 1 N–H and O–H groups in total. The quantitative estimate of drug-likeness (QED) is 0.882. The van der Waals surface area contributed by atoms with E-state index in [9.17, 15) is 13.2 Å². The van der Waals surface area contributed by atoms with Crippen LogP contribution in [0.5, 0.6) is 0 Å². The van der Waals surface area contributed by atoms with Crippen molar-refractivity contribution in [2.45, 2.75) is 44.2 Å². The van der Waals surface area contributed by atoms with Gasteiger partial charge in [0.1, 0.15) is 10.3 Å². The molecule has 0 radical (unpaired) electrons. The van der Waals surface area contributed by atoms with Gasteiger partial charge in [0.15, 0.2) is 9.84 Å². The molecule has 0 fully saturated rings. The van der Waals surface area contributed by atoms with Crippen LogP contribution in [-0.2, 0) is 20.4 Å². The van der Waals surface area contributed by atoms with Gasteiger partial charge in [0.05, 0.1) is 11.4 Å². The van der Waals surface area contributed by atoms with Crippen molar-refractivity contribution in [3.8, 4) is 10.6 Å². The van der Waals surface area contributed by atoms with Crippen molar-refractivity contribution in [3.63, 3.8) is 0 Å². The highest BCUT2D eigenvalue weighted by Crippen LogP contribution is 2.24. The molecule has 0 bridgehead atoms. The smallest absolute Gasteiger partial charge is 0.238 e. The van der Waals surface area contributed by atoms with Crippen LogP contribution < -0.4 is 5.32 Å². The summed E-state index contributed by atoms with van der Waals surface area (Å²) in [6.07, 6.45) is 0. The molecule has 0 aliphatic heterocycles. The lowest BCUT2D eigenvalue weighted by atomic mass is 10.1. The Bertz CT molecular complexity index is 806. The lowest BCUT2D eigenvalue weighted by molar-refractivity contribution is -0.121. The Balaban J connectivity index is 2.12. The number of rotatable bonds is 5. The zero-order valence-corrected chi connectivity index (χ0v) is 15.9. The van der Waals surface area contributed by atoms with E-state index in [0.29, 0.717) is 5.69 Å². The van der Waals surface area contributed by atoms with E-state index in [1.807, 2.05) is 51.1 Å². The van der Waals surface area contributed by atoms with E-state index < -0.39 is 26.5 Å². The van der Waals surface area contributed by atoms with Gasteiger partial charge in [0.2, 0.25) is 5.91 Å².